The fourth-order valence-electron chi connectivity index (χ4n) is 4.02. The van der Waals surface area contributed by atoms with Crippen LogP contribution in [0.1, 0.15) is 48.1 Å². The highest BCUT2D eigenvalue weighted by atomic mass is 32.2. The molecular formula is C18H19N3O4S. The maximum Gasteiger partial charge on any atom is 0.270 e. The van der Waals surface area contributed by atoms with Gasteiger partial charge in [-0.1, -0.05) is 18.9 Å². The van der Waals surface area contributed by atoms with Gasteiger partial charge in [-0.15, -0.1) is 11.8 Å². The summed E-state index contributed by atoms with van der Waals surface area (Å²) < 4.78 is 12.7. The largest absolute Gasteiger partial charge is 0.454 e. The van der Waals surface area contributed by atoms with Crippen molar-refractivity contribution in [3.63, 3.8) is 0 Å². The molecule has 2 N–H and O–H groups in total. The Balaban J connectivity index is 1.62. The molecule has 1 aliphatic carbocycles. The van der Waals surface area contributed by atoms with Crippen LogP contribution in [0.25, 0.3) is 0 Å². The summed E-state index contributed by atoms with van der Waals surface area (Å²) in [6.07, 6.45) is 4.34. The lowest BCUT2D eigenvalue weighted by Gasteiger charge is -2.17. The lowest BCUT2D eigenvalue weighted by Crippen LogP contribution is -2.18. The Labute approximate surface area is 154 Å². The second-order valence-corrected chi connectivity index (χ2v) is 7.96. The average molecular weight is 373 g/mol. The Morgan fingerprint density at radius 2 is 1.92 bits per heavy atom. The van der Waals surface area contributed by atoms with E-state index < -0.39 is 0 Å². The van der Waals surface area contributed by atoms with Crippen molar-refractivity contribution in [2.75, 3.05) is 17.9 Å². The minimum Gasteiger partial charge on any atom is -0.454 e. The van der Waals surface area contributed by atoms with Gasteiger partial charge in [0, 0.05) is 0 Å². The molecule has 1 amide bonds. The van der Waals surface area contributed by atoms with Crippen LogP contribution in [0.3, 0.4) is 0 Å². The number of amides is 1. The van der Waals surface area contributed by atoms with Crippen LogP contribution in [0.5, 0.6) is 11.5 Å². The number of thioether (sulfide) groups is 1. The van der Waals surface area contributed by atoms with E-state index >= 15 is 0 Å². The van der Waals surface area contributed by atoms with Crippen LogP contribution in [0.4, 0.5) is 5.82 Å². The van der Waals surface area contributed by atoms with Gasteiger partial charge >= 0.3 is 0 Å². The molecule has 1 fully saturated rings. The van der Waals surface area contributed by atoms with E-state index in [1.807, 2.05) is 22.9 Å². The number of benzene rings is 1. The standard InChI is InChI=1S/C18H19N3O4S/c22-14-8-26-16(10-5-6-12-13(7-10)25-9-24-12)15-17(19-14)21(20-18(15)23)11-3-1-2-4-11/h5-7,11,16H,1-4,8-9H2,(H,19,22)(H,20,23)/t16-/m1/s1. The molecule has 1 aromatic heterocycles. The maximum absolute atomic E-state index is 12.8. The zero-order valence-electron chi connectivity index (χ0n) is 14.1. The van der Waals surface area contributed by atoms with Crippen LogP contribution < -0.4 is 20.3 Å². The second-order valence-electron chi connectivity index (χ2n) is 6.86. The molecule has 5 rings (SSSR count). The Hall–Kier alpha value is -2.35. The van der Waals surface area contributed by atoms with Crippen LogP contribution >= 0.6 is 11.8 Å². The van der Waals surface area contributed by atoms with E-state index in [9.17, 15) is 9.59 Å². The molecule has 136 valence electrons. The monoisotopic (exact) mass is 373 g/mol. The Bertz CT molecular complexity index is 929. The van der Waals surface area contributed by atoms with Gasteiger partial charge in [0.2, 0.25) is 12.7 Å². The lowest BCUT2D eigenvalue weighted by molar-refractivity contribution is -0.113. The lowest BCUT2D eigenvalue weighted by atomic mass is 10.1. The summed E-state index contributed by atoms with van der Waals surface area (Å²) in [7, 11) is 0. The van der Waals surface area contributed by atoms with E-state index in [4.69, 9.17) is 9.47 Å². The Kier molecular flexibility index (Phi) is 3.74. The molecule has 8 heteroatoms. The molecule has 0 unspecified atom stereocenters. The van der Waals surface area contributed by atoms with Crippen LogP contribution in [-0.4, -0.2) is 28.2 Å². The van der Waals surface area contributed by atoms with Gasteiger partial charge in [-0.2, -0.15) is 0 Å². The number of anilines is 1. The molecule has 3 heterocycles. The molecule has 1 aromatic carbocycles. The van der Waals surface area contributed by atoms with E-state index in [0.29, 0.717) is 28.6 Å². The number of H-pyrrole nitrogens is 1. The summed E-state index contributed by atoms with van der Waals surface area (Å²) in [5.74, 6) is 2.24. The average Bonchev–Trinajstić information content (AvgIpc) is 3.34. The molecule has 0 radical (unpaired) electrons. The zero-order chi connectivity index (χ0) is 17.7. The van der Waals surface area contributed by atoms with E-state index in [2.05, 4.69) is 10.4 Å². The first-order chi connectivity index (χ1) is 12.7. The number of aromatic nitrogens is 2. The number of carbonyl (C=O) groups excluding carboxylic acids is 1. The number of nitrogens with one attached hydrogen (secondary N) is 2. The van der Waals surface area contributed by atoms with Crippen molar-refractivity contribution in [1.82, 2.24) is 9.78 Å². The van der Waals surface area contributed by atoms with Crippen LogP contribution in [0.2, 0.25) is 0 Å². The zero-order valence-corrected chi connectivity index (χ0v) is 14.9. The number of hydrogen-bond donors (Lipinski definition) is 2. The number of fused-ring (bicyclic) bond motifs is 2. The molecular weight excluding hydrogens is 354 g/mol. The minimum absolute atomic E-state index is 0.0785. The van der Waals surface area contributed by atoms with Crippen molar-refractivity contribution in [1.29, 1.82) is 0 Å². The van der Waals surface area contributed by atoms with Crippen molar-refractivity contribution in [3.05, 3.63) is 39.7 Å². The number of carbonyl (C=O) groups is 1. The van der Waals surface area contributed by atoms with Crippen molar-refractivity contribution in [3.8, 4) is 11.5 Å². The van der Waals surface area contributed by atoms with Gasteiger partial charge in [-0.3, -0.25) is 19.4 Å². The topological polar surface area (TPSA) is 85.3 Å². The quantitative estimate of drug-likeness (QED) is 0.846. The van der Waals surface area contributed by atoms with Gasteiger partial charge < -0.3 is 14.8 Å². The number of rotatable bonds is 2. The fraction of sp³-hybridized carbons (Fsp3) is 0.444. The van der Waals surface area contributed by atoms with Crippen molar-refractivity contribution < 1.29 is 14.3 Å². The molecule has 1 saturated carbocycles. The van der Waals surface area contributed by atoms with Gasteiger partial charge in [-0.05, 0) is 30.5 Å². The predicted molar refractivity (Wildman–Crippen MR) is 98.1 cm³/mol. The van der Waals surface area contributed by atoms with Gasteiger partial charge in [0.1, 0.15) is 5.82 Å². The van der Waals surface area contributed by atoms with Crippen LogP contribution in [0, 0.1) is 0 Å². The first-order valence-electron chi connectivity index (χ1n) is 8.86. The fourth-order valence-corrected chi connectivity index (χ4v) is 5.13. The smallest absolute Gasteiger partial charge is 0.270 e. The van der Waals surface area contributed by atoms with Gasteiger partial charge in [-0.25, -0.2) is 0 Å². The third-order valence-electron chi connectivity index (χ3n) is 5.25. The summed E-state index contributed by atoms with van der Waals surface area (Å²) in [5.41, 5.74) is 1.42. The molecule has 0 saturated heterocycles. The van der Waals surface area contributed by atoms with Crippen LogP contribution in [-0.2, 0) is 4.79 Å². The Morgan fingerprint density at radius 1 is 1.12 bits per heavy atom. The van der Waals surface area contributed by atoms with Gasteiger partial charge in [0.25, 0.3) is 5.56 Å². The van der Waals surface area contributed by atoms with Crippen LogP contribution in [0.15, 0.2) is 23.0 Å². The summed E-state index contributed by atoms with van der Waals surface area (Å²) in [4.78, 5) is 25.1. The number of hydrogen-bond acceptors (Lipinski definition) is 5. The number of nitrogens with zero attached hydrogens (tertiary/aromatic N) is 1. The van der Waals surface area contributed by atoms with E-state index in [1.165, 1.54) is 11.8 Å². The first-order valence-corrected chi connectivity index (χ1v) is 9.91. The molecule has 2 aliphatic heterocycles. The molecule has 26 heavy (non-hydrogen) atoms. The van der Waals surface area contributed by atoms with Crippen molar-refractivity contribution in [2.24, 2.45) is 0 Å². The maximum atomic E-state index is 12.8. The highest BCUT2D eigenvalue weighted by Crippen LogP contribution is 2.44. The number of aromatic amines is 1. The summed E-state index contributed by atoms with van der Waals surface area (Å²) >= 11 is 1.46. The predicted octanol–water partition coefficient (Wildman–Crippen LogP) is 2.79. The van der Waals surface area contributed by atoms with E-state index in [0.717, 1.165) is 31.2 Å². The summed E-state index contributed by atoms with van der Waals surface area (Å²) in [6.45, 7) is 0.209. The molecule has 2 aromatic rings. The molecule has 7 nitrogen and oxygen atoms in total. The SMILES string of the molecule is O=C1CS[C@H](c2ccc3c(c2)OCO3)c2c(n(C3CCCC3)[nH]c2=O)N1. The third-order valence-corrected chi connectivity index (χ3v) is 6.52. The van der Waals surface area contributed by atoms with Gasteiger partial charge in [0.05, 0.1) is 22.6 Å². The normalized spacial score (nSPS) is 22.2. The summed E-state index contributed by atoms with van der Waals surface area (Å²) in [6, 6.07) is 5.95. The number of ether oxygens (including phenoxy) is 2. The summed E-state index contributed by atoms with van der Waals surface area (Å²) in [5, 5.41) is 5.70. The second kappa shape index (κ2) is 6.12. The van der Waals surface area contributed by atoms with Crippen molar-refractivity contribution >= 4 is 23.5 Å². The molecule has 3 aliphatic rings. The van der Waals surface area contributed by atoms with E-state index in [1.54, 1.807) is 0 Å². The molecule has 0 spiro atoms. The highest BCUT2D eigenvalue weighted by molar-refractivity contribution is 8.00. The van der Waals surface area contributed by atoms with Crippen molar-refractivity contribution in [2.45, 2.75) is 37.0 Å². The minimum atomic E-state index is -0.232. The third kappa shape index (κ3) is 2.51. The first kappa shape index (κ1) is 15.9. The van der Waals surface area contributed by atoms with E-state index in [-0.39, 0.29) is 29.6 Å². The molecule has 1 atom stereocenters. The Morgan fingerprint density at radius 3 is 2.77 bits per heavy atom. The highest BCUT2D eigenvalue weighted by Gasteiger charge is 2.33. The molecule has 0 bridgehead atoms. The van der Waals surface area contributed by atoms with Gasteiger partial charge in [0.15, 0.2) is 11.5 Å².